The van der Waals surface area contributed by atoms with E-state index in [-0.39, 0.29) is 0 Å². The molecule has 0 saturated heterocycles. The third kappa shape index (κ3) is 2.35. The van der Waals surface area contributed by atoms with Gasteiger partial charge in [-0.25, -0.2) is 0 Å². The van der Waals surface area contributed by atoms with Gasteiger partial charge in [0.15, 0.2) is 0 Å². The van der Waals surface area contributed by atoms with Crippen LogP contribution >= 0.6 is 0 Å². The second-order valence-electron chi connectivity index (χ2n) is 4.26. The van der Waals surface area contributed by atoms with Crippen molar-refractivity contribution in [1.82, 2.24) is 0 Å². The van der Waals surface area contributed by atoms with Crippen molar-refractivity contribution in [3.8, 4) is 0 Å². The summed E-state index contributed by atoms with van der Waals surface area (Å²) in [6.07, 6.45) is 5.21. The van der Waals surface area contributed by atoms with E-state index in [9.17, 15) is 0 Å². The summed E-state index contributed by atoms with van der Waals surface area (Å²) in [6.45, 7) is 5.30. The normalized spacial score (nSPS) is 15.5. The zero-order chi connectivity index (χ0) is 10.7. The predicted octanol–water partition coefficient (Wildman–Crippen LogP) is 3.67. The molecule has 1 heterocycles. The molecule has 0 bridgehead atoms. The molecule has 1 nitrogen and oxygen atoms in total. The fourth-order valence-corrected chi connectivity index (χ4v) is 1.82. The lowest BCUT2D eigenvalue weighted by molar-refractivity contribution is 0.866. The molecule has 0 saturated carbocycles. The molecule has 1 heteroatoms. The summed E-state index contributed by atoms with van der Waals surface area (Å²) in [5, 5.41) is 0. The van der Waals surface area contributed by atoms with Gasteiger partial charge in [-0.05, 0) is 22.6 Å². The third-order valence-electron chi connectivity index (χ3n) is 2.81. The lowest BCUT2D eigenvalue weighted by Crippen LogP contribution is -1.95. The minimum atomic E-state index is 0.600. The Morgan fingerprint density at radius 3 is 2.80 bits per heavy atom. The van der Waals surface area contributed by atoms with Gasteiger partial charge in [-0.2, -0.15) is 0 Å². The number of dihydropyridines is 1. The number of aliphatic imine (C=N–C) groups is 1. The van der Waals surface area contributed by atoms with Crippen molar-refractivity contribution < 1.29 is 0 Å². The zero-order valence-corrected chi connectivity index (χ0v) is 9.40. The first-order valence-electron chi connectivity index (χ1n) is 5.55. The molecule has 0 aliphatic carbocycles. The summed E-state index contributed by atoms with van der Waals surface area (Å²) < 4.78 is 0. The van der Waals surface area contributed by atoms with Gasteiger partial charge in [0.1, 0.15) is 0 Å². The highest BCUT2D eigenvalue weighted by molar-refractivity contribution is 5.81. The van der Waals surface area contributed by atoms with Crippen LogP contribution < -0.4 is 0 Å². The lowest BCUT2D eigenvalue weighted by Gasteiger charge is -2.11. The van der Waals surface area contributed by atoms with E-state index in [4.69, 9.17) is 0 Å². The molecule has 0 unspecified atom stereocenters. The van der Waals surface area contributed by atoms with Gasteiger partial charge in [-0.3, -0.25) is 4.99 Å². The molecule has 15 heavy (non-hydrogen) atoms. The van der Waals surface area contributed by atoms with Crippen LogP contribution in [0.1, 0.15) is 37.3 Å². The van der Waals surface area contributed by atoms with Gasteiger partial charge >= 0.3 is 0 Å². The highest BCUT2D eigenvalue weighted by atomic mass is 14.7. The van der Waals surface area contributed by atoms with Crippen LogP contribution in [0.4, 0.5) is 0 Å². The summed E-state index contributed by atoms with van der Waals surface area (Å²) in [6, 6.07) is 8.84. The predicted molar refractivity (Wildman–Crippen MR) is 66.5 cm³/mol. The fraction of sp³-hybridized carbons (Fsp3) is 0.357. The number of allylic oxidation sites excluding steroid dienone is 1. The van der Waals surface area contributed by atoms with Crippen molar-refractivity contribution in [1.29, 1.82) is 0 Å². The molecular formula is C14H17N. The van der Waals surface area contributed by atoms with Crippen molar-refractivity contribution in [3.63, 3.8) is 0 Å². The molecule has 1 aromatic rings. The van der Waals surface area contributed by atoms with E-state index in [0.717, 1.165) is 13.0 Å². The minimum absolute atomic E-state index is 0.600. The van der Waals surface area contributed by atoms with Gasteiger partial charge in [0, 0.05) is 12.6 Å². The van der Waals surface area contributed by atoms with Gasteiger partial charge in [0.05, 0.1) is 6.54 Å². The van der Waals surface area contributed by atoms with E-state index in [2.05, 4.69) is 49.2 Å². The van der Waals surface area contributed by atoms with E-state index < -0.39 is 0 Å². The Hall–Kier alpha value is -1.37. The first-order valence-corrected chi connectivity index (χ1v) is 5.55. The summed E-state index contributed by atoms with van der Waals surface area (Å²) in [7, 11) is 0. The van der Waals surface area contributed by atoms with Crippen LogP contribution in [-0.4, -0.2) is 12.8 Å². The lowest BCUT2D eigenvalue weighted by atomic mass is 9.95. The number of benzene rings is 1. The van der Waals surface area contributed by atoms with Crippen LogP contribution in [-0.2, 0) is 0 Å². The number of nitrogens with zero attached hydrogens (tertiary/aromatic N) is 1. The first kappa shape index (κ1) is 10.2. The second kappa shape index (κ2) is 4.43. The second-order valence-corrected chi connectivity index (χ2v) is 4.26. The first-order chi connectivity index (χ1) is 7.27. The molecule has 0 amide bonds. The quantitative estimate of drug-likeness (QED) is 0.689. The highest BCUT2D eigenvalue weighted by Gasteiger charge is 2.05. The Morgan fingerprint density at radius 1 is 1.27 bits per heavy atom. The smallest absolute Gasteiger partial charge is 0.0572 e. The number of rotatable bonds is 2. The van der Waals surface area contributed by atoms with Crippen molar-refractivity contribution in [2.24, 2.45) is 4.99 Å². The van der Waals surface area contributed by atoms with Crippen molar-refractivity contribution in [2.45, 2.75) is 26.2 Å². The topological polar surface area (TPSA) is 12.4 Å². The van der Waals surface area contributed by atoms with Crippen molar-refractivity contribution >= 4 is 11.8 Å². The summed E-state index contributed by atoms with van der Waals surface area (Å²) >= 11 is 0. The molecule has 0 atom stereocenters. The molecule has 0 spiro atoms. The van der Waals surface area contributed by atoms with Crippen LogP contribution in [0.25, 0.3) is 5.57 Å². The molecule has 1 aliphatic rings. The molecule has 0 N–H and O–H groups in total. The fourth-order valence-electron chi connectivity index (χ4n) is 1.82. The van der Waals surface area contributed by atoms with Crippen LogP contribution in [0, 0.1) is 0 Å². The Balaban J connectivity index is 2.28. The molecule has 0 fully saturated rings. The van der Waals surface area contributed by atoms with Crippen LogP contribution in [0.15, 0.2) is 35.3 Å². The molecule has 1 aliphatic heterocycles. The third-order valence-corrected chi connectivity index (χ3v) is 2.81. The van der Waals surface area contributed by atoms with Crippen LogP contribution in [0.2, 0.25) is 0 Å². The average Bonchev–Trinajstić information content (AvgIpc) is 2.30. The number of hydrogen-bond acceptors (Lipinski definition) is 1. The maximum Gasteiger partial charge on any atom is 0.0572 e. The summed E-state index contributed by atoms with van der Waals surface area (Å²) in [4.78, 5) is 4.21. The van der Waals surface area contributed by atoms with Gasteiger partial charge in [-0.1, -0.05) is 44.2 Å². The standard InChI is InChI=1S/C14H17N/c1-11(2)13-4-3-5-14(10-13)12-6-8-15-9-7-12/h3-6,9-11H,7-8H2,1-2H3. The monoisotopic (exact) mass is 199 g/mol. The van der Waals surface area contributed by atoms with E-state index in [1.807, 2.05) is 6.21 Å². The Bertz CT molecular complexity index is 400. The molecule has 0 aromatic heterocycles. The summed E-state index contributed by atoms with van der Waals surface area (Å²) in [5.41, 5.74) is 4.18. The highest BCUT2D eigenvalue weighted by Crippen LogP contribution is 2.23. The number of hydrogen-bond donors (Lipinski definition) is 0. The van der Waals surface area contributed by atoms with Gasteiger partial charge < -0.3 is 0 Å². The van der Waals surface area contributed by atoms with Gasteiger partial charge in [-0.15, -0.1) is 0 Å². The van der Waals surface area contributed by atoms with Gasteiger partial charge in [0.25, 0.3) is 0 Å². The van der Waals surface area contributed by atoms with E-state index in [0.29, 0.717) is 5.92 Å². The summed E-state index contributed by atoms with van der Waals surface area (Å²) in [5.74, 6) is 0.600. The maximum atomic E-state index is 4.21. The van der Waals surface area contributed by atoms with Crippen molar-refractivity contribution in [2.75, 3.05) is 6.54 Å². The molecule has 78 valence electrons. The molecule has 2 rings (SSSR count). The van der Waals surface area contributed by atoms with E-state index >= 15 is 0 Å². The SMILES string of the molecule is CC(C)c1cccc(C2=CCN=CC2)c1. The Kier molecular flexibility index (Phi) is 3.00. The average molecular weight is 199 g/mol. The van der Waals surface area contributed by atoms with E-state index in [1.165, 1.54) is 16.7 Å². The van der Waals surface area contributed by atoms with Gasteiger partial charge in [0.2, 0.25) is 0 Å². The van der Waals surface area contributed by atoms with Crippen molar-refractivity contribution in [3.05, 3.63) is 41.5 Å². The maximum absolute atomic E-state index is 4.21. The molecule has 0 radical (unpaired) electrons. The molecular weight excluding hydrogens is 182 g/mol. The molecule has 1 aromatic carbocycles. The Morgan fingerprint density at radius 2 is 2.13 bits per heavy atom. The zero-order valence-electron chi connectivity index (χ0n) is 9.40. The minimum Gasteiger partial charge on any atom is -0.293 e. The largest absolute Gasteiger partial charge is 0.293 e. The van der Waals surface area contributed by atoms with Crippen LogP contribution in [0.3, 0.4) is 0 Å². The Labute approximate surface area is 91.6 Å². The van der Waals surface area contributed by atoms with E-state index in [1.54, 1.807) is 0 Å². The van der Waals surface area contributed by atoms with Crippen LogP contribution in [0.5, 0.6) is 0 Å².